The number of hydrogen-bond acceptors (Lipinski definition) is 5. The highest BCUT2D eigenvalue weighted by Crippen LogP contribution is 2.24. The number of nitrogens with zero attached hydrogens (tertiary/aromatic N) is 4. The molecule has 0 bridgehead atoms. The molecule has 0 fully saturated rings. The summed E-state index contributed by atoms with van der Waals surface area (Å²) >= 11 is 0. The maximum atomic E-state index is 6.16. The smallest absolute Gasteiger partial charge is 0.181 e. The SMILES string of the molecule is CC(C)C(CNc1ncnc(-n2cccn2)c1N)C(C)C. The summed E-state index contributed by atoms with van der Waals surface area (Å²) in [6, 6.07) is 1.84. The zero-order valence-electron chi connectivity index (χ0n) is 13.1. The molecular weight excluding hydrogens is 264 g/mol. The van der Waals surface area contributed by atoms with Crippen LogP contribution in [0.1, 0.15) is 27.7 Å². The first-order valence-electron chi connectivity index (χ1n) is 7.35. The van der Waals surface area contributed by atoms with Gasteiger partial charge in [-0.25, -0.2) is 14.6 Å². The van der Waals surface area contributed by atoms with Crippen molar-refractivity contribution in [2.75, 3.05) is 17.6 Å². The Bertz CT molecular complexity index is 554. The molecule has 2 heterocycles. The summed E-state index contributed by atoms with van der Waals surface area (Å²) in [6.45, 7) is 9.81. The van der Waals surface area contributed by atoms with Crippen LogP contribution in [0.3, 0.4) is 0 Å². The molecule has 21 heavy (non-hydrogen) atoms. The van der Waals surface area contributed by atoms with Gasteiger partial charge in [0.25, 0.3) is 0 Å². The molecule has 0 aliphatic heterocycles. The zero-order chi connectivity index (χ0) is 15.4. The third kappa shape index (κ3) is 3.51. The van der Waals surface area contributed by atoms with Crippen LogP contribution in [-0.4, -0.2) is 26.3 Å². The van der Waals surface area contributed by atoms with Crippen LogP contribution in [0, 0.1) is 17.8 Å². The molecule has 0 aliphatic rings. The van der Waals surface area contributed by atoms with Crippen molar-refractivity contribution in [3.05, 3.63) is 24.8 Å². The van der Waals surface area contributed by atoms with Crippen molar-refractivity contribution in [3.63, 3.8) is 0 Å². The van der Waals surface area contributed by atoms with Crippen LogP contribution in [0.5, 0.6) is 0 Å². The average Bonchev–Trinajstić information content (AvgIpc) is 2.93. The van der Waals surface area contributed by atoms with E-state index in [0.717, 1.165) is 6.54 Å². The summed E-state index contributed by atoms with van der Waals surface area (Å²) in [6.07, 6.45) is 5.02. The van der Waals surface area contributed by atoms with E-state index >= 15 is 0 Å². The Kier molecular flexibility index (Phi) is 4.77. The Balaban J connectivity index is 2.16. The molecule has 0 amide bonds. The number of nitrogens with one attached hydrogen (secondary N) is 1. The van der Waals surface area contributed by atoms with Crippen LogP contribution < -0.4 is 11.1 Å². The van der Waals surface area contributed by atoms with Crippen molar-refractivity contribution in [2.24, 2.45) is 17.8 Å². The monoisotopic (exact) mass is 288 g/mol. The topological polar surface area (TPSA) is 81.7 Å². The summed E-state index contributed by atoms with van der Waals surface area (Å²) in [5, 5.41) is 7.52. The first-order valence-corrected chi connectivity index (χ1v) is 7.35. The second-order valence-corrected chi connectivity index (χ2v) is 5.94. The van der Waals surface area contributed by atoms with E-state index in [9.17, 15) is 0 Å². The van der Waals surface area contributed by atoms with Gasteiger partial charge in [0.1, 0.15) is 12.0 Å². The fourth-order valence-electron chi connectivity index (χ4n) is 2.56. The molecule has 0 aromatic carbocycles. The lowest BCUT2D eigenvalue weighted by atomic mass is 9.85. The van der Waals surface area contributed by atoms with Crippen LogP contribution in [0.25, 0.3) is 5.82 Å². The lowest BCUT2D eigenvalue weighted by Gasteiger charge is -2.25. The first-order chi connectivity index (χ1) is 10.0. The van der Waals surface area contributed by atoms with Gasteiger partial charge in [0.15, 0.2) is 11.6 Å². The van der Waals surface area contributed by atoms with Gasteiger partial charge in [0, 0.05) is 18.9 Å². The standard InChI is InChI=1S/C15H24N6/c1-10(2)12(11(3)4)8-17-14-13(16)15(19-9-18-14)21-7-5-6-20-21/h5-7,9-12H,8,16H2,1-4H3,(H,17,18,19). The van der Waals surface area contributed by atoms with E-state index in [4.69, 9.17) is 5.73 Å². The summed E-state index contributed by atoms with van der Waals surface area (Å²) in [5.74, 6) is 3.04. The lowest BCUT2D eigenvalue weighted by Crippen LogP contribution is -2.25. The van der Waals surface area contributed by atoms with E-state index < -0.39 is 0 Å². The molecule has 0 unspecified atom stereocenters. The van der Waals surface area contributed by atoms with Crippen molar-refractivity contribution < 1.29 is 0 Å². The number of hydrogen-bond donors (Lipinski definition) is 2. The highest BCUT2D eigenvalue weighted by molar-refractivity contribution is 5.68. The van der Waals surface area contributed by atoms with Crippen LogP contribution in [0.2, 0.25) is 0 Å². The van der Waals surface area contributed by atoms with Crippen molar-refractivity contribution >= 4 is 11.5 Å². The predicted octanol–water partition coefficient (Wildman–Crippen LogP) is 2.58. The maximum Gasteiger partial charge on any atom is 0.181 e. The van der Waals surface area contributed by atoms with Crippen molar-refractivity contribution in [2.45, 2.75) is 27.7 Å². The third-order valence-corrected chi connectivity index (χ3v) is 3.80. The second-order valence-electron chi connectivity index (χ2n) is 5.94. The molecule has 0 aliphatic carbocycles. The van der Waals surface area contributed by atoms with Crippen LogP contribution in [-0.2, 0) is 0 Å². The van der Waals surface area contributed by atoms with Crippen LogP contribution in [0.4, 0.5) is 11.5 Å². The molecular formula is C15H24N6. The minimum Gasteiger partial charge on any atom is -0.393 e. The molecule has 2 aromatic rings. The molecule has 0 saturated heterocycles. The van der Waals surface area contributed by atoms with E-state index in [1.165, 1.54) is 6.33 Å². The first kappa shape index (κ1) is 15.3. The van der Waals surface area contributed by atoms with Crippen molar-refractivity contribution in [3.8, 4) is 5.82 Å². The Morgan fingerprint density at radius 3 is 2.48 bits per heavy atom. The Morgan fingerprint density at radius 1 is 1.19 bits per heavy atom. The quantitative estimate of drug-likeness (QED) is 0.853. The van der Waals surface area contributed by atoms with Gasteiger partial charge < -0.3 is 11.1 Å². The minimum absolute atomic E-state index is 0.521. The predicted molar refractivity (Wildman–Crippen MR) is 85.2 cm³/mol. The largest absolute Gasteiger partial charge is 0.393 e. The highest BCUT2D eigenvalue weighted by Gasteiger charge is 2.18. The summed E-state index contributed by atoms with van der Waals surface area (Å²) < 4.78 is 1.64. The number of anilines is 2. The van der Waals surface area contributed by atoms with Crippen LogP contribution >= 0.6 is 0 Å². The van der Waals surface area contributed by atoms with E-state index in [2.05, 4.69) is 48.1 Å². The molecule has 2 rings (SSSR count). The second kappa shape index (κ2) is 6.56. The zero-order valence-corrected chi connectivity index (χ0v) is 13.1. The lowest BCUT2D eigenvalue weighted by molar-refractivity contribution is 0.304. The minimum atomic E-state index is 0.521. The number of nitrogen functional groups attached to an aromatic ring is 1. The molecule has 0 saturated carbocycles. The van der Waals surface area contributed by atoms with Gasteiger partial charge in [-0.05, 0) is 23.8 Å². The summed E-state index contributed by atoms with van der Waals surface area (Å²) in [7, 11) is 0. The molecule has 0 atom stereocenters. The molecule has 0 radical (unpaired) electrons. The van der Waals surface area contributed by atoms with Gasteiger partial charge in [-0.3, -0.25) is 0 Å². The van der Waals surface area contributed by atoms with Crippen molar-refractivity contribution in [1.29, 1.82) is 0 Å². The average molecular weight is 288 g/mol. The Labute approximate surface area is 125 Å². The molecule has 3 N–H and O–H groups in total. The van der Waals surface area contributed by atoms with Gasteiger partial charge in [-0.15, -0.1) is 0 Å². The maximum absolute atomic E-state index is 6.16. The summed E-state index contributed by atoms with van der Waals surface area (Å²) in [5.41, 5.74) is 6.69. The van der Waals surface area contributed by atoms with Gasteiger partial charge in [0.05, 0.1) is 0 Å². The molecule has 0 spiro atoms. The van der Waals surface area contributed by atoms with Gasteiger partial charge in [0.2, 0.25) is 0 Å². The van der Waals surface area contributed by atoms with E-state index in [-0.39, 0.29) is 0 Å². The Hall–Kier alpha value is -2.11. The molecule has 114 valence electrons. The van der Waals surface area contributed by atoms with Gasteiger partial charge in [-0.2, -0.15) is 5.10 Å². The fraction of sp³-hybridized carbons (Fsp3) is 0.533. The molecule has 6 nitrogen and oxygen atoms in total. The summed E-state index contributed by atoms with van der Waals surface area (Å²) in [4.78, 5) is 8.45. The highest BCUT2D eigenvalue weighted by atomic mass is 15.3. The van der Waals surface area contributed by atoms with Gasteiger partial charge >= 0.3 is 0 Å². The Morgan fingerprint density at radius 2 is 1.90 bits per heavy atom. The number of nitrogens with two attached hydrogens (primary N) is 1. The van der Waals surface area contributed by atoms with Crippen LogP contribution in [0.15, 0.2) is 24.8 Å². The van der Waals surface area contributed by atoms with Gasteiger partial charge in [-0.1, -0.05) is 27.7 Å². The molecule has 6 heteroatoms. The fourth-order valence-corrected chi connectivity index (χ4v) is 2.56. The van der Waals surface area contributed by atoms with E-state index in [0.29, 0.717) is 35.1 Å². The third-order valence-electron chi connectivity index (χ3n) is 3.80. The number of rotatable bonds is 6. The van der Waals surface area contributed by atoms with E-state index in [1.807, 2.05) is 12.3 Å². The van der Waals surface area contributed by atoms with Crippen molar-refractivity contribution in [1.82, 2.24) is 19.7 Å². The number of aromatic nitrogens is 4. The normalized spacial score (nSPS) is 11.6. The van der Waals surface area contributed by atoms with E-state index in [1.54, 1.807) is 10.9 Å². The molecule has 2 aromatic heterocycles.